The molecule has 0 aliphatic heterocycles. The molecule has 6 heteroatoms. The van der Waals surface area contributed by atoms with E-state index >= 15 is 0 Å². The Balaban J connectivity index is 2.16. The van der Waals surface area contributed by atoms with Crippen LogP contribution >= 0.6 is 0 Å². The van der Waals surface area contributed by atoms with Crippen LogP contribution in [0.4, 0.5) is 11.4 Å². The maximum atomic E-state index is 12.1. The highest BCUT2D eigenvalue weighted by molar-refractivity contribution is 6.07. The van der Waals surface area contributed by atoms with Gasteiger partial charge in [0.25, 0.3) is 5.91 Å². The Morgan fingerprint density at radius 2 is 2.28 bits per heavy atom. The molecule has 2 rings (SSSR count). The molecule has 2 aromatic rings. The van der Waals surface area contributed by atoms with Gasteiger partial charge in [0, 0.05) is 26.0 Å². The van der Waals surface area contributed by atoms with Gasteiger partial charge in [-0.1, -0.05) is 0 Å². The van der Waals surface area contributed by atoms with E-state index in [2.05, 4.69) is 20.7 Å². The first-order chi connectivity index (χ1) is 8.74. The molecule has 18 heavy (non-hydrogen) atoms. The Labute approximate surface area is 105 Å². The van der Waals surface area contributed by atoms with E-state index < -0.39 is 0 Å². The fourth-order valence-electron chi connectivity index (χ4n) is 1.59. The van der Waals surface area contributed by atoms with Crippen molar-refractivity contribution in [1.29, 1.82) is 0 Å². The maximum absolute atomic E-state index is 12.1. The maximum Gasteiger partial charge on any atom is 0.257 e. The largest absolute Gasteiger partial charge is 0.386 e. The number of carbonyl (C=O) groups excluding carboxylic acids is 1. The van der Waals surface area contributed by atoms with Crippen molar-refractivity contribution in [1.82, 2.24) is 14.8 Å². The zero-order valence-electron chi connectivity index (χ0n) is 10.3. The highest BCUT2D eigenvalue weighted by Crippen LogP contribution is 2.15. The summed E-state index contributed by atoms with van der Waals surface area (Å²) in [5.74, 6) is -0.183. The van der Waals surface area contributed by atoms with Crippen LogP contribution in [-0.2, 0) is 6.54 Å². The number of carbonyl (C=O) groups is 1. The molecule has 0 atom stereocenters. The predicted molar refractivity (Wildman–Crippen MR) is 69.6 cm³/mol. The van der Waals surface area contributed by atoms with Crippen molar-refractivity contribution < 1.29 is 4.79 Å². The minimum absolute atomic E-state index is 0.183. The van der Waals surface area contributed by atoms with Crippen LogP contribution in [0.2, 0.25) is 0 Å². The Hall–Kier alpha value is -2.37. The summed E-state index contributed by atoms with van der Waals surface area (Å²) < 4.78 is 1.75. The third-order valence-corrected chi connectivity index (χ3v) is 2.55. The molecular formula is C12H15N5O. The number of nitrogens with one attached hydrogen (secondary N) is 2. The van der Waals surface area contributed by atoms with E-state index in [0.717, 1.165) is 6.54 Å². The highest BCUT2D eigenvalue weighted by Gasteiger charge is 2.11. The minimum Gasteiger partial charge on any atom is -0.386 e. The van der Waals surface area contributed by atoms with Gasteiger partial charge in [0.2, 0.25) is 0 Å². The lowest BCUT2D eigenvalue weighted by Gasteiger charge is -2.07. The Morgan fingerprint density at radius 1 is 1.44 bits per heavy atom. The quantitative estimate of drug-likeness (QED) is 0.858. The lowest BCUT2D eigenvalue weighted by Crippen LogP contribution is -2.13. The summed E-state index contributed by atoms with van der Waals surface area (Å²) in [6, 6.07) is 1.67. The normalized spacial score (nSPS) is 10.1. The number of rotatable bonds is 4. The monoisotopic (exact) mass is 245 g/mol. The number of aryl methyl sites for hydroxylation is 1. The van der Waals surface area contributed by atoms with Gasteiger partial charge < -0.3 is 10.6 Å². The third-order valence-electron chi connectivity index (χ3n) is 2.55. The van der Waals surface area contributed by atoms with Crippen molar-refractivity contribution in [3.63, 3.8) is 0 Å². The number of anilines is 2. The van der Waals surface area contributed by atoms with Crippen molar-refractivity contribution in [2.45, 2.75) is 13.5 Å². The van der Waals surface area contributed by atoms with Crippen LogP contribution in [-0.4, -0.2) is 27.7 Å². The second kappa shape index (κ2) is 5.31. The molecule has 0 unspecified atom stereocenters. The van der Waals surface area contributed by atoms with Gasteiger partial charge in [-0.2, -0.15) is 5.10 Å². The standard InChI is InChI=1S/C12H15N5O/c1-3-17-8-9(6-15-17)16-12(18)10-4-5-14-7-11(10)13-2/h4-8,13H,3H2,1-2H3,(H,16,18). The van der Waals surface area contributed by atoms with E-state index in [9.17, 15) is 4.79 Å². The van der Waals surface area contributed by atoms with Gasteiger partial charge >= 0.3 is 0 Å². The van der Waals surface area contributed by atoms with Crippen LogP contribution in [0, 0.1) is 0 Å². The number of amides is 1. The van der Waals surface area contributed by atoms with E-state index in [-0.39, 0.29) is 5.91 Å². The second-order valence-corrected chi connectivity index (χ2v) is 3.71. The molecule has 0 aliphatic carbocycles. The first-order valence-corrected chi connectivity index (χ1v) is 5.70. The lowest BCUT2D eigenvalue weighted by molar-refractivity contribution is 0.102. The molecule has 0 fully saturated rings. The average Bonchev–Trinajstić information content (AvgIpc) is 2.86. The Bertz CT molecular complexity index is 549. The molecular weight excluding hydrogens is 230 g/mol. The summed E-state index contributed by atoms with van der Waals surface area (Å²) in [7, 11) is 1.75. The Kier molecular flexibility index (Phi) is 3.57. The van der Waals surface area contributed by atoms with Crippen LogP contribution in [0.1, 0.15) is 17.3 Å². The summed E-state index contributed by atoms with van der Waals surface area (Å²) in [4.78, 5) is 16.0. The van der Waals surface area contributed by atoms with Crippen molar-refractivity contribution in [2.75, 3.05) is 17.7 Å². The second-order valence-electron chi connectivity index (χ2n) is 3.71. The number of pyridine rings is 1. The number of nitrogens with zero attached hydrogens (tertiary/aromatic N) is 3. The molecule has 2 aromatic heterocycles. The molecule has 0 bridgehead atoms. The molecule has 2 N–H and O–H groups in total. The van der Waals surface area contributed by atoms with Crippen LogP contribution < -0.4 is 10.6 Å². The van der Waals surface area contributed by atoms with Crippen molar-refractivity contribution in [2.24, 2.45) is 0 Å². The van der Waals surface area contributed by atoms with Gasteiger partial charge in [0.15, 0.2) is 0 Å². The van der Waals surface area contributed by atoms with E-state index in [1.54, 1.807) is 42.6 Å². The third kappa shape index (κ3) is 2.48. The van der Waals surface area contributed by atoms with Crippen LogP contribution in [0.25, 0.3) is 0 Å². The van der Waals surface area contributed by atoms with Gasteiger partial charge in [-0.25, -0.2) is 0 Å². The predicted octanol–water partition coefficient (Wildman–Crippen LogP) is 1.59. The molecule has 0 aromatic carbocycles. The zero-order chi connectivity index (χ0) is 13.0. The van der Waals surface area contributed by atoms with Gasteiger partial charge in [-0.15, -0.1) is 0 Å². The van der Waals surface area contributed by atoms with Crippen molar-refractivity contribution in [3.8, 4) is 0 Å². The number of hydrogen-bond acceptors (Lipinski definition) is 4. The van der Waals surface area contributed by atoms with Gasteiger partial charge in [0.1, 0.15) is 0 Å². The molecule has 1 amide bonds. The molecule has 0 radical (unpaired) electrons. The van der Waals surface area contributed by atoms with Crippen LogP contribution in [0.5, 0.6) is 0 Å². The zero-order valence-corrected chi connectivity index (χ0v) is 10.3. The topological polar surface area (TPSA) is 71.8 Å². The molecule has 0 saturated carbocycles. The molecule has 94 valence electrons. The molecule has 2 heterocycles. The van der Waals surface area contributed by atoms with Gasteiger partial charge in [0.05, 0.1) is 29.3 Å². The SMILES string of the molecule is CCn1cc(NC(=O)c2ccncc2NC)cn1. The summed E-state index contributed by atoms with van der Waals surface area (Å²) in [6.45, 7) is 2.76. The number of hydrogen-bond donors (Lipinski definition) is 2. The fourth-order valence-corrected chi connectivity index (χ4v) is 1.59. The molecule has 0 saturated heterocycles. The van der Waals surface area contributed by atoms with E-state index in [4.69, 9.17) is 0 Å². The molecule has 0 aliphatic rings. The van der Waals surface area contributed by atoms with E-state index in [1.807, 2.05) is 6.92 Å². The Morgan fingerprint density at radius 3 is 2.94 bits per heavy atom. The van der Waals surface area contributed by atoms with Crippen molar-refractivity contribution in [3.05, 3.63) is 36.4 Å². The smallest absolute Gasteiger partial charge is 0.257 e. The van der Waals surface area contributed by atoms with E-state index in [1.165, 1.54) is 0 Å². The summed E-state index contributed by atoms with van der Waals surface area (Å²) in [5, 5.41) is 9.83. The van der Waals surface area contributed by atoms with Gasteiger partial charge in [-0.05, 0) is 13.0 Å². The summed E-state index contributed by atoms with van der Waals surface area (Å²) in [5.41, 5.74) is 1.93. The van der Waals surface area contributed by atoms with Crippen molar-refractivity contribution >= 4 is 17.3 Å². The van der Waals surface area contributed by atoms with Crippen LogP contribution in [0.3, 0.4) is 0 Å². The summed E-state index contributed by atoms with van der Waals surface area (Å²) in [6.07, 6.45) is 6.62. The van der Waals surface area contributed by atoms with Crippen LogP contribution in [0.15, 0.2) is 30.9 Å². The first-order valence-electron chi connectivity index (χ1n) is 5.70. The highest BCUT2D eigenvalue weighted by atomic mass is 16.1. The van der Waals surface area contributed by atoms with E-state index in [0.29, 0.717) is 16.9 Å². The average molecular weight is 245 g/mol. The molecule has 6 nitrogen and oxygen atoms in total. The minimum atomic E-state index is -0.183. The lowest BCUT2D eigenvalue weighted by atomic mass is 10.2. The summed E-state index contributed by atoms with van der Waals surface area (Å²) >= 11 is 0. The van der Waals surface area contributed by atoms with Gasteiger partial charge in [-0.3, -0.25) is 14.5 Å². The molecule has 0 spiro atoms. The fraction of sp³-hybridized carbons (Fsp3) is 0.250. The first kappa shape index (κ1) is 12.1. The number of aromatic nitrogens is 3.